The normalized spacial score (nSPS) is 11.0. The molecular formula is C19H16FN5OS. The summed E-state index contributed by atoms with van der Waals surface area (Å²) in [4.78, 5) is 0. The van der Waals surface area contributed by atoms with Crippen LogP contribution in [0.25, 0.3) is 17.1 Å². The van der Waals surface area contributed by atoms with Gasteiger partial charge in [0.15, 0.2) is 11.0 Å². The standard InChI is InChI=1S/C19H16FN5OS/c1-2-16-21-22-17(26-16)12-27-19-24-23-18(13-6-4-3-5-7-13)25(19)15-10-8-14(20)9-11-15/h3-11H,2,12H2,1H3. The zero-order valence-corrected chi connectivity index (χ0v) is 15.4. The summed E-state index contributed by atoms with van der Waals surface area (Å²) in [5.41, 5.74) is 1.70. The number of thioether (sulfide) groups is 1. The van der Waals surface area contributed by atoms with Crippen LogP contribution < -0.4 is 0 Å². The van der Waals surface area contributed by atoms with Crippen molar-refractivity contribution in [1.82, 2.24) is 25.0 Å². The third-order valence-electron chi connectivity index (χ3n) is 3.89. The highest BCUT2D eigenvalue weighted by Gasteiger charge is 2.17. The molecule has 4 rings (SSSR count). The van der Waals surface area contributed by atoms with Crippen molar-refractivity contribution in [1.29, 1.82) is 0 Å². The van der Waals surface area contributed by atoms with Crippen LogP contribution in [0.4, 0.5) is 4.39 Å². The summed E-state index contributed by atoms with van der Waals surface area (Å²) < 4.78 is 20.8. The Morgan fingerprint density at radius 2 is 1.67 bits per heavy atom. The Balaban J connectivity index is 1.70. The van der Waals surface area contributed by atoms with E-state index in [9.17, 15) is 4.39 Å². The van der Waals surface area contributed by atoms with Crippen molar-refractivity contribution in [3.05, 3.63) is 72.2 Å². The Morgan fingerprint density at radius 1 is 0.926 bits per heavy atom. The molecule has 0 aliphatic heterocycles. The van der Waals surface area contributed by atoms with Crippen molar-refractivity contribution in [3.8, 4) is 17.1 Å². The zero-order valence-electron chi connectivity index (χ0n) is 14.5. The van der Waals surface area contributed by atoms with Gasteiger partial charge in [-0.2, -0.15) is 0 Å². The van der Waals surface area contributed by atoms with E-state index in [1.54, 1.807) is 12.1 Å². The van der Waals surface area contributed by atoms with Crippen LogP contribution in [0, 0.1) is 5.82 Å². The molecule has 136 valence electrons. The molecule has 0 bridgehead atoms. The van der Waals surface area contributed by atoms with Gasteiger partial charge in [0, 0.05) is 17.7 Å². The molecule has 2 aromatic carbocycles. The molecule has 27 heavy (non-hydrogen) atoms. The van der Waals surface area contributed by atoms with E-state index in [2.05, 4.69) is 20.4 Å². The fourth-order valence-electron chi connectivity index (χ4n) is 2.58. The first-order valence-electron chi connectivity index (χ1n) is 8.45. The fourth-order valence-corrected chi connectivity index (χ4v) is 3.37. The van der Waals surface area contributed by atoms with Gasteiger partial charge in [0.2, 0.25) is 11.8 Å². The third-order valence-corrected chi connectivity index (χ3v) is 4.80. The van der Waals surface area contributed by atoms with E-state index >= 15 is 0 Å². The summed E-state index contributed by atoms with van der Waals surface area (Å²) in [5.74, 6) is 2.01. The summed E-state index contributed by atoms with van der Waals surface area (Å²) in [7, 11) is 0. The summed E-state index contributed by atoms with van der Waals surface area (Å²) in [6.07, 6.45) is 0.696. The molecule has 0 aliphatic carbocycles. The maximum Gasteiger partial charge on any atom is 0.226 e. The Morgan fingerprint density at radius 3 is 2.37 bits per heavy atom. The van der Waals surface area contributed by atoms with Gasteiger partial charge in [-0.1, -0.05) is 49.0 Å². The lowest BCUT2D eigenvalue weighted by molar-refractivity contribution is 0.470. The van der Waals surface area contributed by atoms with Gasteiger partial charge >= 0.3 is 0 Å². The van der Waals surface area contributed by atoms with E-state index in [-0.39, 0.29) is 5.82 Å². The number of halogens is 1. The lowest BCUT2D eigenvalue weighted by Gasteiger charge is -2.10. The van der Waals surface area contributed by atoms with Gasteiger partial charge in [0.25, 0.3) is 0 Å². The molecule has 0 saturated carbocycles. The van der Waals surface area contributed by atoms with Crippen molar-refractivity contribution >= 4 is 11.8 Å². The highest BCUT2D eigenvalue weighted by Crippen LogP contribution is 2.29. The largest absolute Gasteiger partial charge is 0.424 e. The van der Waals surface area contributed by atoms with Crippen molar-refractivity contribution in [2.24, 2.45) is 0 Å². The van der Waals surface area contributed by atoms with Crippen LogP contribution in [0.3, 0.4) is 0 Å². The monoisotopic (exact) mass is 381 g/mol. The lowest BCUT2D eigenvalue weighted by Crippen LogP contribution is -2.00. The van der Waals surface area contributed by atoms with E-state index in [0.29, 0.717) is 34.9 Å². The quantitative estimate of drug-likeness (QED) is 0.464. The van der Waals surface area contributed by atoms with Crippen molar-refractivity contribution in [3.63, 3.8) is 0 Å². The molecule has 0 fully saturated rings. The molecule has 2 aromatic heterocycles. The van der Waals surface area contributed by atoms with Gasteiger partial charge in [-0.15, -0.1) is 20.4 Å². The molecule has 2 heterocycles. The number of nitrogens with zero attached hydrogens (tertiary/aromatic N) is 5. The van der Waals surface area contributed by atoms with Crippen LogP contribution in [0.1, 0.15) is 18.7 Å². The number of hydrogen-bond donors (Lipinski definition) is 0. The Labute approximate surface area is 159 Å². The van der Waals surface area contributed by atoms with E-state index in [1.807, 2.05) is 41.8 Å². The second-order valence-corrected chi connectivity index (χ2v) is 6.66. The third kappa shape index (κ3) is 3.75. The van der Waals surface area contributed by atoms with Gasteiger partial charge in [0.1, 0.15) is 5.82 Å². The molecule has 8 heteroatoms. The fraction of sp³-hybridized carbons (Fsp3) is 0.158. The molecule has 0 spiro atoms. The zero-order chi connectivity index (χ0) is 18.6. The average Bonchev–Trinajstić information content (AvgIpc) is 3.34. The predicted octanol–water partition coefficient (Wildman–Crippen LogP) is 4.31. The van der Waals surface area contributed by atoms with Crippen LogP contribution in [0.2, 0.25) is 0 Å². The number of hydrogen-bond acceptors (Lipinski definition) is 6. The SMILES string of the molecule is CCc1nnc(CSc2nnc(-c3ccccc3)n2-c2ccc(F)cc2)o1. The first-order chi connectivity index (χ1) is 13.2. The second kappa shape index (κ2) is 7.71. The molecule has 0 unspecified atom stereocenters. The van der Waals surface area contributed by atoms with E-state index in [0.717, 1.165) is 11.3 Å². The molecular weight excluding hydrogens is 365 g/mol. The molecule has 0 atom stereocenters. The van der Waals surface area contributed by atoms with Gasteiger partial charge in [-0.05, 0) is 24.3 Å². The first kappa shape index (κ1) is 17.4. The summed E-state index contributed by atoms with van der Waals surface area (Å²) in [6, 6.07) is 16.0. The van der Waals surface area contributed by atoms with Crippen molar-refractivity contribution in [2.45, 2.75) is 24.3 Å². The summed E-state index contributed by atoms with van der Waals surface area (Å²) in [5, 5.41) is 17.4. The Bertz CT molecular complexity index is 1030. The molecule has 0 N–H and O–H groups in total. The topological polar surface area (TPSA) is 69.6 Å². The molecule has 0 saturated heterocycles. The van der Waals surface area contributed by atoms with Gasteiger partial charge < -0.3 is 4.42 Å². The van der Waals surface area contributed by atoms with E-state index in [4.69, 9.17) is 4.42 Å². The second-order valence-electron chi connectivity index (χ2n) is 5.72. The molecule has 0 radical (unpaired) electrons. The lowest BCUT2D eigenvalue weighted by atomic mass is 10.2. The van der Waals surface area contributed by atoms with Gasteiger partial charge in [-0.25, -0.2) is 4.39 Å². The van der Waals surface area contributed by atoms with Crippen LogP contribution in [0.5, 0.6) is 0 Å². The van der Waals surface area contributed by atoms with Gasteiger partial charge in [0.05, 0.1) is 5.75 Å². The summed E-state index contributed by atoms with van der Waals surface area (Å²) >= 11 is 1.44. The number of benzene rings is 2. The number of aryl methyl sites for hydroxylation is 1. The number of rotatable bonds is 6. The van der Waals surface area contributed by atoms with Crippen LogP contribution in [-0.2, 0) is 12.2 Å². The number of aromatic nitrogens is 5. The van der Waals surface area contributed by atoms with Crippen molar-refractivity contribution in [2.75, 3.05) is 0 Å². The molecule has 4 aromatic rings. The van der Waals surface area contributed by atoms with E-state index in [1.165, 1.54) is 23.9 Å². The minimum atomic E-state index is -0.291. The highest BCUT2D eigenvalue weighted by molar-refractivity contribution is 7.98. The van der Waals surface area contributed by atoms with Crippen LogP contribution >= 0.6 is 11.8 Å². The van der Waals surface area contributed by atoms with Crippen LogP contribution in [0.15, 0.2) is 64.2 Å². The molecule has 6 nitrogen and oxygen atoms in total. The van der Waals surface area contributed by atoms with E-state index < -0.39 is 0 Å². The van der Waals surface area contributed by atoms with Gasteiger partial charge in [-0.3, -0.25) is 4.57 Å². The smallest absolute Gasteiger partial charge is 0.226 e. The summed E-state index contributed by atoms with van der Waals surface area (Å²) in [6.45, 7) is 1.96. The Hall–Kier alpha value is -3.00. The Kier molecular flexibility index (Phi) is 4.97. The highest BCUT2D eigenvalue weighted by atomic mass is 32.2. The van der Waals surface area contributed by atoms with Crippen LogP contribution in [-0.4, -0.2) is 25.0 Å². The van der Waals surface area contributed by atoms with Crippen molar-refractivity contribution < 1.29 is 8.81 Å². The average molecular weight is 381 g/mol. The minimum absolute atomic E-state index is 0.291. The molecule has 0 aliphatic rings. The minimum Gasteiger partial charge on any atom is -0.424 e. The maximum absolute atomic E-state index is 13.4. The maximum atomic E-state index is 13.4. The first-order valence-corrected chi connectivity index (χ1v) is 9.44. The predicted molar refractivity (Wildman–Crippen MR) is 100.0 cm³/mol. The molecule has 0 amide bonds.